The first kappa shape index (κ1) is 18.1. The van der Waals surface area contributed by atoms with Gasteiger partial charge in [0.25, 0.3) is 0 Å². The van der Waals surface area contributed by atoms with Crippen LogP contribution in [0.4, 0.5) is 0 Å². The highest BCUT2D eigenvalue weighted by atomic mass is 79.9. The normalized spacial score (nSPS) is 16.4. The minimum Gasteiger partial charge on any atom is -0.338 e. The molecule has 0 N–H and O–H groups in total. The number of rotatable bonds is 4. The van der Waals surface area contributed by atoms with Crippen molar-refractivity contribution in [2.45, 2.75) is 32.9 Å². The summed E-state index contributed by atoms with van der Waals surface area (Å²) in [5.74, 6) is 0.111. The van der Waals surface area contributed by atoms with E-state index >= 15 is 0 Å². The van der Waals surface area contributed by atoms with Gasteiger partial charge in [0, 0.05) is 57.7 Å². The third-order valence-corrected chi connectivity index (χ3v) is 5.23. The fourth-order valence-electron chi connectivity index (χ4n) is 3.25. The Hall–Kier alpha value is -1.67. The monoisotopic (exact) mass is 408 g/mol. The van der Waals surface area contributed by atoms with E-state index in [1.165, 1.54) is 5.56 Å². The Labute approximate surface area is 156 Å². The van der Waals surface area contributed by atoms with Gasteiger partial charge in [0.15, 0.2) is 0 Å². The number of amides is 1. The molecule has 25 heavy (non-hydrogen) atoms. The number of nitrogens with zero attached hydrogens (tertiary/aromatic N) is 6. The lowest BCUT2D eigenvalue weighted by Gasteiger charge is -2.38. The van der Waals surface area contributed by atoms with Crippen molar-refractivity contribution in [3.05, 3.63) is 34.3 Å². The van der Waals surface area contributed by atoms with Gasteiger partial charge in [-0.3, -0.25) is 19.1 Å². The zero-order valence-electron chi connectivity index (χ0n) is 15.2. The summed E-state index contributed by atoms with van der Waals surface area (Å²) in [6.07, 6.45) is 5.63. The summed E-state index contributed by atoms with van der Waals surface area (Å²) >= 11 is 3.39. The zero-order chi connectivity index (χ0) is 18.2. The summed E-state index contributed by atoms with van der Waals surface area (Å²) in [4.78, 5) is 17.3. The van der Waals surface area contributed by atoms with E-state index in [0.717, 1.165) is 42.9 Å². The lowest BCUT2D eigenvalue weighted by molar-refractivity contribution is -0.141. The second-order valence-corrected chi connectivity index (χ2v) is 8.06. The van der Waals surface area contributed by atoms with Gasteiger partial charge in [-0.2, -0.15) is 10.2 Å². The average molecular weight is 409 g/mol. The summed E-state index contributed by atoms with van der Waals surface area (Å²) in [7, 11) is 1.95. The lowest BCUT2D eigenvalue weighted by Crippen LogP contribution is -2.54. The fraction of sp³-hybridized carbons (Fsp3) is 0.588. The maximum absolute atomic E-state index is 13.0. The molecule has 136 valence electrons. The molecule has 0 unspecified atom stereocenters. The Kier molecular flexibility index (Phi) is 5.02. The number of halogens is 1. The number of aromatic nitrogens is 4. The maximum Gasteiger partial charge on any atom is 0.250 e. The van der Waals surface area contributed by atoms with Gasteiger partial charge in [-0.05, 0) is 36.7 Å². The standard InChI is InChI=1S/C17H25BrN6O/c1-13-14(10-21(4)20-13)11-22-5-7-23(8-6-22)16(25)17(2,3)24-12-15(18)9-19-24/h9-10,12H,5-8,11H2,1-4H3. The van der Waals surface area contributed by atoms with E-state index in [0.29, 0.717) is 0 Å². The lowest BCUT2D eigenvalue weighted by atomic mass is 10.0. The van der Waals surface area contributed by atoms with Crippen molar-refractivity contribution in [3.8, 4) is 0 Å². The molecule has 3 heterocycles. The van der Waals surface area contributed by atoms with Crippen LogP contribution in [0.3, 0.4) is 0 Å². The minimum atomic E-state index is -0.686. The molecule has 0 atom stereocenters. The molecular formula is C17H25BrN6O. The number of carbonyl (C=O) groups is 1. The molecule has 0 radical (unpaired) electrons. The third kappa shape index (κ3) is 3.79. The van der Waals surface area contributed by atoms with Crippen molar-refractivity contribution in [2.24, 2.45) is 7.05 Å². The van der Waals surface area contributed by atoms with E-state index in [-0.39, 0.29) is 5.91 Å². The largest absolute Gasteiger partial charge is 0.338 e. The van der Waals surface area contributed by atoms with Crippen LogP contribution >= 0.6 is 15.9 Å². The highest BCUT2D eigenvalue weighted by molar-refractivity contribution is 9.10. The van der Waals surface area contributed by atoms with Crippen molar-refractivity contribution in [1.82, 2.24) is 29.4 Å². The van der Waals surface area contributed by atoms with E-state index in [1.54, 1.807) is 10.9 Å². The quantitative estimate of drug-likeness (QED) is 0.773. The Morgan fingerprint density at radius 3 is 2.44 bits per heavy atom. The molecule has 1 aliphatic heterocycles. The van der Waals surface area contributed by atoms with Gasteiger partial charge in [-0.25, -0.2) is 0 Å². The van der Waals surface area contributed by atoms with Crippen molar-refractivity contribution in [1.29, 1.82) is 0 Å². The van der Waals surface area contributed by atoms with E-state index in [4.69, 9.17) is 0 Å². The summed E-state index contributed by atoms with van der Waals surface area (Å²) < 4.78 is 4.46. The Morgan fingerprint density at radius 1 is 1.24 bits per heavy atom. The molecule has 0 spiro atoms. The van der Waals surface area contributed by atoms with Crippen LogP contribution in [-0.2, 0) is 23.9 Å². The van der Waals surface area contributed by atoms with Gasteiger partial charge < -0.3 is 4.90 Å². The Morgan fingerprint density at radius 2 is 1.92 bits per heavy atom. The number of carbonyl (C=O) groups excluding carboxylic acids is 1. The molecule has 1 saturated heterocycles. The summed E-state index contributed by atoms with van der Waals surface area (Å²) in [6.45, 7) is 9.99. The summed E-state index contributed by atoms with van der Waals surface area (Å²) in [5, 5.41) is 8.69. The van der Waals surface area contributed by atoms with Gasteiger partial charge in [-0.1, -0.05) is 0 Å². The van der Waals surface area contributed by atoms with Crippen LogP contribution in [-0.4, -0.2) is 61.4 Å². The molecule has 2 aromatic heterocycles. The zero-order valence-corrected chi connectivity index (χ0v) is 16.8. The number of hydrogen-bond acceptors (Lipinski definition) is 4. The topological polar surface area (TPSA) is 59.2 Å². The van der Waals surface area contributed by atoms with E-state index in [2.05, 4.69) is 37.2 Å². The van der Waals surface area contributed by atoms with Crippen LogP contribution in [0.5, 0.6) is 0 Å². The van der Waals surface area contributed by atoms with Gasteiger partial charge in [0.05, 0.1) is 16.4 Å². The molecule has 3 rings (SSSR count). The van der Waals surface area contributed by atoms with Crippen LogP contribution in [0, 0.1) is 6.92 Å². The summed E-state index contributed by atoms with van der Waals surface area (Å²) in [6, 6.07) is 0. The van der Waals surface area contributed by atoms with Crippen LogP contribution in [0.1, 0.15) is 25.1 Å². The highest BCUT2D eigenvalue weighted by Crippen LogP contribution is 2.21. The van der Waals surface area contributed by atoms with Gasteiger partial charge in [0.1, 0.15) is 5.54 Å². The molecule has 1 fully saturated rings. The first-order valence-electron chi connectivity index (χ1n) is 8.49. The van der Waals surface area contributed by atoms with E-state index in [9.17, 15) is 4.79 Å². The van der Waals surface area contributed by atoms with Crippen LogP contribution in [0.2, 0.25) is 0 Å². The van der Waals surface area contributed by atoms with Crippen LogP contribution in [0.15, 0.2) is 23.1 Å². The predicted octanol–water partition coefficient (Wildman–Crippen LogP) is 1.77. The molecule has 8 heteroatoms. The second-order valence-electron chi connectivity index (χ2n) is 7.14. The molecule has 0 aromatic carbocycles. The van der Waals surface area contributed by atoms with Crippen LogP contribution < -0.4 is 0 Å². The molecule has 7 nitrogen and oxygen atoms in total. The van der Waals surface area contributed by atoms with Crippen molar-refractivity contribution in [3.63, 3.8) is 0 Å². The van der Waals surface area contributed by atoms with Gasteiger partial charge >= 0.3 is 0 Å². The van der Waals surface area contributed by atoms with Gasteiger partial charge in [0.2, 0.25) is 5.91 Å². The molecule has 2 aromatic rings. The molecule has 0 aliphatic carbocycles. The average Bonchev–Trinajstić information content (AvgIpc) is 3.13. The smallest absolute Gasteiger partial charge is 0.250 e. The first-order chi connectivity index (χ1) is 11.8. The van der Waals surface area contributed by atoms with E-state index < -0.39 is 5.54 Å². The number of piperazine rings is 1. The predicted molar refractivity (Wildman–Crippen MR) is 99.1 cm³/mol. The Bertz CT molecular complexity index is 757. The first-order valence-corrected chi connectivity index (χ1v) is 9.28. The molecule has 1 aliphatic rings. The number of hydrogen-bond donors (Lipinski definition) is 0. The van der Waals surface area contributed by atoms with Crippen molar-refractivity contribution >= 4 is 21.8 Å². The fourth-order valence-corrected chi connectivity index (χ4v) is 3.53. The SMILES string of the molecule is Cc1nn(C)cc1CN1CCN(C(=O)C(C)(C)n2cc(Br)cn2)CC1. The van der Waals surface area contributed by atoms with Crippen LogP contribution in [0.25, 0.3) is 0 Å². The third-order valence-electron chi connectivity index (χ3n) is 4.82. The van der Waals surface area contributed by atoms with Crippen molar-refractivity contribution in [2.75, 3.05) is 26.2 Å². The van der Waals surface area contributed by atoms with Crippen molar-refractivity contribution < 1.29 is 4.79 Å². The van der Waals surface area contributed by atoms with Gasteiger partial charge in [-0.15, -0.1) is 0 Å². The molecule has 1 amide bonds. The molecular weight excluding hydrogens is 384 g/mol. The second kappa shape index (κ2) is 6.92. The highest BCUT2D eigenvalue weighted by Gasteiger charge is 2.36. The maximum atomic E-state index is 13.0. The van der Waals surface area contributed by atoms with E-state index in [1.807, 2.05) is 43.6 Å². The number of aryl methyl sites for hydroxylation is 2. The Balaban J connectivity index is 1.60. The molecule has 0 saturated carbocycles. The minimum absolute atomic E-state index is 0.111. The summed E-state index contributed by atoms with van der Waals surface area (Å²) in [5.41, 5.74) is 1.64. The molecule has 0 bridgehead atoms.